The third-order valence-corrected chi connectivity index (χ3v) is 2.10. The lowest BCUT2D eigenvalue weighted by Crippen LogP contribution is -2.34. The van der Waals surface area contributed by atoms with Gasteiger partial charge in [-0.2, -0.15) is 0 Å². The van der Waals surface area contributed by atoms with Crippen LogP contribution in [0.1, 0.15) is 26.7 Å². The van der Waals surface area contributed by atoms with Gasteiger partial charge in [-0.25, -0.2) is 0 Å². The maximum absolute atomic E-state index is 8.57. The summed E-state index contributed by atoms with van der Waals surface area (Å²) in [5.74, 6) is 0. The van der Waals surface area contributed by atoms with Gasteiger partial charge in [0, 0.05) is 0 Å². The van der Waals surface area contributed by atoms with Crippen LogP contribution in [0, 0.1) is 0 Å². The van der Waals surface area contributed by atoms with E-state index in [9.17, 15) is 0 Å². The van der Waals surface area contributed by atoms with Gasteiger partial charge >= 0.3 is 0 Å². The highest BCUT2D eigenvalue weighted by molar-refractivity contribution is 4.73. The van der Waals surface area contributed by atoms with Gasteiger partial charge < -0.3 is 14.6 Å². The highest BCUT2D eigenvalue weighted by Crippen LogP contribution is 2.21. The van der Waals surface area contributed by atoms with Crippen molar-refractivity contribution in [3.63, 3.8) is 0 Å². The minimum Gasteiger partial charge on any atom is -0.394 e. The molecule has 0 aromatic heterocycles. The van der Waals surface area contributed by atoms with Gasteiger partial charge in [0.15, 0.2) is 0 Å². The predicted molar refractivity (Wildman–Crippen MR) is 46.1 cm³/mol. The van der Waals surface area contributed by atoms with Crippen LogP contribution in [-0.4, -0.2) is 36.6 Å². The first-order valence-electron chi connectivity index (χ1n) is 4.60. The molecule has 2 unspecified atom stereocenters. The average molecular weight is 174 g/mol. The van der Waals surface area contributed by atoms with E-state index in [1.807, 2.05) is 0 Å². The lowest BCUT2D eigenvalue weighted by molar-refractivity contribution is -0.105. The van der Waals surface area contributed by atoms with Crippen molar-refractivity contribution in [2.75, 3.05) is 13.2 Å². The first kappa shape index (κ1) is 9.96. The van der Waals surface area contributed by atoms with Crippen LogP contribution in [0.2, 0.25) is 0 Å². The molecule has 0 aromatic carbocycles. The second-order valence-electron chi connectivity index (χ2n) is 3.45. The van der Waals surface area contributed by atoms with Crippen molar-refractivity contribution in [2.45, 2.75) is 45.0 Å². The molecule has 0 radical (unpaired) electrons. The topological polar surface area (TPSA) is 38.7 Å². The first-order valence-corrected chi connectivity index (χ1v) is 4.60. The number of ether oxygens (including phenoxy) is 2. The van der Waals surface area contributed by atoms with Crippen molar-refractivity contribution in [2.24, 2.45) is 0 Å². The summed E-state index contributed by atoms with van der Waals surface area (Å²) >= 11 is 0. The van der Waals surface area contributed by atoms with Gasteiger partial charge in [-0.05, 0) is 26.7 Å². The van der Waals surface area contributed by atoms with E-state index < -0.39 is 0 Å². The van der Waals surface area contributed by atoms with Crippen LogP contribution in [0.15, 0.2) is 0 Å². The summed E-state index contributed by atoms with van der Waals surface area (Å²) < 4.78 is 11.0. The first-order chi connectivity index (χ1) is 5.72. The van der Waals surface area contributed by atoms with Crippen molar-refractivity contribution < 1.29 is 14.6 Å². The Kier molecular flexibility index (Phi) is 3.98. The second-order valence-corrected chi connectivity index (χ2v) is 3.45. The Morgan fingerprint density at radius 2 is 1.92 bits per heavy atom. The SMILES string of the molecule is CC1CC(OCCO)CC(C)O1. The molecule has 1 aliphatic heterocycles. The number of rotatable bonds is 3. The fraction of sp³-hybridized carbons (Fsp3) is 1.00. The third kappa shape index (κ3) is 3.09. The number of aliphatic hydroxyl groups is 1. The molecule has 3 nitrogen and oxygen atoms in total. The molecule has 1 N–H and O–H groups in total. The monoisotopic (exact) mass is 174 g/mol. The molecular weight excluding hydrogens is 156 g/mol. The summed E-state index contributed by atoms with van der Waals surface area (Å²) in [5.41, 5.74) is 0. The largest absolute Gasteiger partial charge is 0.394 e. The molecular formula is C9H18O3. The highest BCUT2D eigenvalue weighted by Gasteiger charge is 2.24. The zero-order valence-electron chi connectivity index (χ0n) is 7.82. The summed E-state index contributed by atoms with van der Waals surface area (Å²) in [4.78, 5) is 0. The molecule has 72 valence electrons. The minimum atomic E-state index is 0.111. The Morgan fingerprint density at radius 3 is 2.42 bits per heavy atom. The number of hydrogen-bond acceptors (Lipinski definition) is 3. The van der Waals surface area contributed by atoms with E-state index in [0.29, 0.717) is 6.61 Å². The number of hydrogen-bond donors (Lipinski definition) is 1. The summed E-state index contributed by atoms with van der Waals surface area (Å²) in [6, 6.07) is 0. The summed E-state index contributed by atoms with van der Waals surface area (Å²) in [6.45, 7) is 4.68. The van der Waals surface area contributed by atoms with E-state index in [-0.39, 0.29) is 24.9 Å². The maximum Gasteiger partial charge on any atom is 0.0701 e. The third-order valence-electron chi connectivity index (χ3n) is 2.10. The molecule has 1 heterocycles. The van der Waals surface area contributed by atoms with E-state index in [1.165, 1.54) is 0 Å². The molecule has 1 fully saturated rings. The molecule has 0 bridgehead atoms. The van der Waals surface area contributed by atoms with Gasteiger partial charge in [0.1, 0.15) is 0 Å². The normalized spacial score (nSPS) is 36.8. The van der Waals surface area contributed by atoms with Gasteiger partial charge in [0.25, 0.3) is 0 Å². The molecule has 0 aliphatic carbocycles. The minimum absolute atomic E-state index is 0.111. The van der Waals surface area contributed by atoms with Crippen LogP contribution in [0.5, 0.6) is 0 Å². The van der Waals surface area contributed by atoms with Crippen molar-refractivity contribution in [3.05, 3.63) is 0 Å². The average Bonchev–Trinajstić information content (AvgIpc) is 1.99. The van der Waals surface area contributed by atoms with Crippen LogP contribution >= 0.6 is 0 Å². The molecule has 1 aliphatic rings. The summed E-state index contributed by atoms with van der Waals surface area (Å²) in [6.07, 6.45) is 2.75. The van der Waals surface area contributed by atoms with E-state index in [4.69, 9.17) is 14.6 Å². The van der Waals surface area contributed by atoms with Crippen LogP contribution in [0.25, 0.3) is 0 Å². The highest BCUT2D eigenvalue weighted by atomic mass is 16.5. The quantitative estimate of drug-likeness (QED) is 0.692. The Hall–Kier alpha value is -0.120. The van der Waals surface area contributed by atoms with Crippen LogP contribution in [0.3, 0.4) is 0 Å². The molecule has 1 saturated heterocycles. The van der Waals surface area contributed by atoms with E-state index in [0.717, 1.165) is 12.8 Å². The Bertz CT molecular complexity index is 117. The lowest BCUT2D eigenvalue weighted by Gasteiger charge is -2.31. The molecule has 1 rings (SSSR count). The number of aliphatic hydroxyl groups excluding tert-OH is 1. The van der Waals surface area contributed by atoms with E-state index >= 15 is 0 Å². The molecule has 0 amide bonds. The molecule has 0 spiro atoms. The van der Waals surface area contributed by atoms with Crippen molar-refractivity contribution in [3.8, 4) is 0 Å². The molecule has 0 aromatic rings. The van der Waals surface area contributed by atoms with Gasteiger partial charge in [-0.15, -0.1) is 0 Å². The van der Waals surface area contributed by atoms with Gasteiger partial charge in [0.2, 0.25) is 0 Å². The Labute approximate surface area is 73.7 Å². The van der Waals surface area contributed by atoms with Crippen molar-refractivity contribution in [1.29, 1.82) is 0 Å². The van der Waals surface area contributed by atoms with Gasteiger partial charge in [-0.1, -0.05) is 0 Å². The lowest BCUT2D eigenvalue weighted by atomic mass is 10.0. The summed E-state index contributed by atoms with van der Waals surface area (Å²) in [7, 11) is 0. The van der Waals surface area contributed by atoms with E-state index in [1.54, 1.807) is 0 Å². The van der Waals surface area contributed by atoms with Crippen LogP contribution in [0.4, 0.5) is 0 Å². The maximum atomic E-state index is 8.57. The zero-order chi connectivity index (χ0) is 8.97. The Balaban J connectivity index is 2.24. The zero-order valence-corrected chi connectivity index (χ0v) is 7.82. The molecule has 12 heavy (non-hydrogen) atoms. The van der Waals surface area contributed by atoms with E-state index in [2.05, 4.69) is 13.8 Å². The van der Waals surface area contributed by atoms with Gasteiger partial charge in [0.05, 0.1) is 31.5 Å². The fourth-order valence-corrected chi connectivity index (χ4v) is 1.70. The van der Waals surface area contributed by atoms with Crippen LogP contribution < -0.4 is 0 Å². The van der Waals surface area contributed by atoms with Gasteiger partial charge in [-0.3, -0.25) is 0 Å². The fourth-order valence-electron chi connectivity index (χ4n) is 1.70. The summed E-state index contributed by atoms with van der Waals surface area (Å²) in [5, 5.41) is 8.57. The standard InChI is InChI=1S/C9H18O3/c1-7-5-9(11-4-3-10)6-8(2)12-7/h7-10H,3-6H2,1-2H3. The predicted octanol–water partition coefficient (Wildman–Crippen LogP) is 0.951. The second kappa shape index (κ2) is 4.80. The smallest absolute Gasteiger partial charge is 0.0701 e. The Morgan fingerprint density at radius 1 is 1.33 bits per heavy atom. The van der Waals surface area contributed by atoms with Crippen molar-refractivity contribution >= 4 is 0 Å². The molecule has 3 heteroatoms. The van der Waals surface area contributed by atoms with Crippen LogP contribution in [-0.2, 0) is 9.47 Å². The van der Waals surface area contributed by atoms with Crippen molar-refractivity contribution in [1.82, 2.24) is 0 Å². The molecule has 0 saturated carbocycles. The molecule has 2 atom stereocenters.